The minimum atomic E-state index is -0.361. The SMILES string of the molecule is CC(C)NC(=O)Nc1ccc(C2C(C#N)c3cc(C(=O)N4CCCC4)ccc3N2C2CCC2)cc1. The summed E-state index contributed by atoms with van der Waals surface area (Å²) in [7, 11) is 0. The third-order valence-electron chi connectivity index (χ3n) is 7.43. The van der Waals surface area contributed by atoms with Crippen LogP contribution in [-0.4, -0.2) is 42.0 Å². The number of carbonyl (C=O) groups excluding carboxylic acids is 2. The number of hydrogen-bond donors (Lipinski definition) is 2. The summed E-state index contributed by atoms with van der Waals surface area (Å²) in [6.07, 6.45) is 5.52. The zero-order chi connectivity index (χ0) is 24.5. The van der Waals surface area contributed by atoms with Crippen LogP contribution in [0.1, 0.15) is 79.4 Å². The Kier molecular flexibility index (Phi) is 6.38. The van der Waals surface area contributed by atoms with Crippen molar-refractivity contribution in [3.63, 3.8) is 0 Å². The van der Waals surface area contributed by atoms with Crippen LogP contribution >= 0.6 is 0 Å². The number of amides is 3. The Morgan fingerprint density at radius 2 is 1.74 bits per heavy atom. The number of fused-ring (bicyclic) bond motifs is 1. The van der Waals surface area contributed by atoms with Crippen molar-refractivity contribution in [1.82, 2.24) is 10.2 Å². The molecule has 0 spiro atoms. The van der Waals surface area contributed by atoms with Gasteiger partial charge in [0.05, 0.1) is 18.0 Å². The molecule has 0 radical (unpaired) electrons. The molecule has 2 fully saturated rings. The Balaban J connectivity index is 1.45. The van der Waals surface area contributed by atoms with Gasteiger partial charge in [0.15, 0.2) is 0 Å². The van der Waals surface area contributed by atoms with Gasteiger partial charge >= 0.3 is 6.03 Å². The van der Waals surface area contributed by atoms with Crippen molar-refractivity contribution in [2.75, 3.05) is 23.3 Å². The molecule has 2 aromatic rings. The lowest BCUT2D eigenvalue weighted by Gasteiger charge is -2.41. The van der Waals surface area contributed by atoms with Crippen LogP contribution in [0.15, 0.2) is 42.5 Å². The van der Waals surface area contributed by atoms with Crippen LogP contribution in [0.2, 0.25) is 0 Å². The highest BCUT2D eigenvalue weighted by molar-refractivity contribution is 5.95. The molecule has 2 atom stereocenters. The molecular weight excluding hydrogens is 438 g/mol. The molecular formula is C28H33N5O2. The maximum atomic E-state index is 13.1. The molecule has 3 amide bonds. The lowest BCUT2D eigenvalue weighted by Crippen LogP contribution is -2.41. The molecule has 3 aliphatic rings. The second-order valence-electron chi connectivity index (χ2n) is 10.2. The molecule has 7 nitrogen and oxygen atoms in total. The van der Waals surface area contributed by atoms with Gasteiger partial charge in [-0.15, -0.1) is 0 Å². The number of likely N-dealkylation sites (tertiary alicyclic amines) is 1. The average Bonchev–Trinajstić information content (AvgIpc) is 3.44. The predicted octanol–water partition coefficient (Wildman–Crippen LogP) is 5.17. The summed E-state index contributed by atoms with van der Waals surface area (Å²) >= 11 is 0. The van der Waals surface area contributed by atoms with E-state index in [0.717, 1.165) is 55.6 Å². The van der Waals surface area contributed by atoms with Crippen molar-refractivity contribution >= 4 is 23.3 Å². The average molecular weight is 472 g/mol. The van der Waals surface area contributed by atoms with E-state index in [1.54, 1.807) is 0 Å². The molecule has 2 aromatic carbocycles. The molecule has 2 unspecified atom stereocenters. The van der Waals surface area contributed by atoms with Gasteiger partial charge in [-0.3, -0.25) is 4.79 Å². The molecule has 2 N–H and O–H groups in total. The fourth-order valence-electron chi connectivity index (χ4n) is 5.53. The maximum Gasteiger partial charge on any atom is 0.319 e. The molecule has 35 heavy (non-hydrogen) atoms. The molecule has 182 valence electrons. The zero-order valence-electron chi connectivity index (χ0n) is 20.5. The predicted molar refractivity (Wildman–Crippen MR) is 137 cm³/mol. The smallest absolute Gasteiger partial charge is 0.319 e. The minimum Gasteiger partial charge on any atom is -0.360 e. The fourth-order valence-corrected chi connectivity index (χ4v) is 5.53. The van der Waals surface area contributed by atoms with E-state index < -0.39 is 0 Å². The quantitative estimate of drug-likeness (QED) is 0.629. The molecule has 1 saturated carbocycles. The topological polar surface area (TPSA) is 88.5 Å². The molecule has 1 saturated heterocycles. The number of nitrogens with zero attached hydrogens (tertiary/aromatic N) is 3. The summed E-state index contributed by atoms with van der Waals surface area (Å²) in [4.78, 5) is 29.5. The number of nitrogens with one attached hydrogen (secondary N) is 2. The summed E-state index contributed by atoms with van der Waals surface area (Å²) in [6, 6.07) is 16.4. The highest BCUT2D eigenvalue weighted by Gasteiger charge is 2.44. The van der Waals surface area contributed by atoms with E-state index in [2.05, 4.69) is 21.6 Å². The molecule has 0 aromatic heterocycles. The lowest BCUT2D eigenvalue weighted by atomic mass is 9.87. The second kappa shape index (κ2) is 9.61. The maximum absolute atomic E-state index is 13.1. The first-order valence-corrected chi connectivity index (χ1v) is 12.7. The van der Waals surface area contributed by atoms with Crippen LogP contribution < -0.4 is 15.5 Å². The van der Waals surface area contributed by atoms with E-state index in [0.29, 0.717) is 17.3 Å². The highest BCUT2D eigenvalue weighted by Crippen LogP contribution is 2.52. The van der Waals surface area contributed by atoms with Crippen molar-refractivity contribution in [2.24, 2.45) is 0 Å². The lowest BCUT2D eigenvalue weighted by molar-refractivity contribution is 0.0792. The van der Waals surface area contributed by atoms with Gasteiger partial charge in [-0.05, 0) is 87.4 Å². The van der Waals surface area contributed by atoms with Crippen molar-refractivity contribution in [2.45, 2.75) is 70.0 Å². The molecule has 0 bridgehead atoms. The van der Waals surface area contributed by atoms with E-state index in [1.807, 2.05) is 61.2 Å². The van der Waals surface area contributed by atoms with Gasteiger partial charge in [0.1, 0.15) is 0 Å². The molecule has 1 aliphatic carbocycles. The second-order valence-corrected chi connectivity index (χ2v) is 10.2. The summed E-state index contributed by atoms with van der Waals surface area (Å²) in [5.41, 5.74) is 4.46. The van der Waals surface area contributed by atoms with Gasteiger partial charge in [-0.1, -0.05) is 12.1 Å². The third kappa shape index (κ3) is 4.45. The molecule has 2 heterocycles. The first-order chi connectivity index (χ1) is 17.0. The van der Waals surface area contributed by atoms with Crippen LogP contribution in [0.5, 0.6) is 0 Å². The number of benzene rings is 2. The number of anilines is 2. The van der Waals surface area contributed by atoms with Crippen molar-refractivity contribution in [1.29, 1.82) is 5.26 Å². The van der Waals surface area contributed by atoms with Gasteiger partial charge in [0.2, 0.25) is 0 Å². The molecule has 7 heteroatoms. The van der Waals surface area contributed by atoms with Crippen LogP contribution in [0, 0.1) is 11.3 Å². The van der Waals surface area contributed by atoms with Crippen LogP contribution in [0.25, 0.3) is 0 Å². The van der Waals surface area contributed by atoms with Gasteiger partial charge in [-0.25, -0.2) is 4.79 Å². The van der Waals surface area contributed by atoms with E-state index >= 15 is 0 Å². The van der Waals surface area contributed by atoms with Crippen molar-refractivity contribution in [3.05, 3.63) is 59.2 Å². The van der Waals surface area contributed by atoms with E-state index in [4.69, 9.17) is 0 Å². The number of hydrogen-bond acceptors (Lipinski definition) is 4. The Hall–Kier alpha value is -3.53. The number of rotatable bonds is 5. The fraction of sp³-hybridized carbons (Fsp3) is 0.464. The normalized spacial score (nSPS) is 21.4. The third-order valence-corrected chi connectivity index (χ3v) is 7.43. The minimum absolute atomic E-state index is 0.0564. The summed E-state index contributed by atoms with van der Waals surface area (Å²) in [6.45, 7) is 5.46. The van der Waals surface area contributed by atoms with E-state index in [-0.39, 0.29) is 29.9 Å². The van der Waals surface area contributed by atoms with Crippen LogP contribution in [-0.2, 0) is 0 Å². The number of nitriles is 1. The Labute approximate surface area is 207 Å². The van der Waals surface area contributed by atoms with Gasteiger partial charge in [-0.2, -0.15) is 5.26 Å². The standard InChI is InChI=1S/C28H33N5O2/c1-18(2)30-28(35)31-21-11-8-19(9-12-21)26-24(17-29)23-16-20(27(34)32-14-3-4-15-32)10-13-25(23)33(26)22-6-5-7-22/h8-13,16,18,22,24,26H,3-7,14-15H2,1-2H3,(H2,30,31,35). The summed E-state index contributed by atoms with van der Waals surface area (Å²) in [5, 5.41) is 16.0. The molecule has 2 aliphatic heterocycles. The Morgan fingerprint density at radius 1 is 1.03 bits per heavy atom. The zero-order valence-corrected chi connectivity index (χ0v) is 20.5. The van der Waals surface area contributed by atoms with Crippen molar-refractivity contribution < 1.29 is 9.59 Å². The van der Waals surface area contributed by atoms with Gasteiger partial charge in [0, 0.05) is 42.1 Å². The Morgan fingerprint density at radius 3 is 2.34 bits per heavy atom. The summed E-state index contributed by atoms with van der Waals surface area (Å²) in [5.74, 6) is -0.296. The Bertz CT molecular complexity index is 1140. The number of urea groups is 1. The number of carbonyl (C=O) groups is 2. The van der Waals surface area contributed by atoms with Gasteiger partial charge in [0.25, 0.3) is 5.91 Å². The first kappa shape index (κ1) is 23.2. The van der Waals surface area contributed by atoms with Crippen LogP contribution in [0.3, 0.4) is 0 Å². The van der Waals surface area contributed by atoms with E-state index in [9.17, 15) is 14.9 Å². The van der Waals surface area contributed by atoms with E-state index in [1.165, 1.54) is 6.42 Å². The van der Waals surface area contributed by atoms with Gasteiger partial charge < -0.3 is 20.4 Å². The largest absolute Gasteiger partial charge is 0.360 e. The van der Waals surface area contributed by atoms with Crippen LogP contribution in [0.4, 0.5) is 16.2 Å². The van der Waals surface area contributed by atoms with Crippen molar-refractivity contribution in [3.8, 4) is 6.07 Å². The molecule has 5 rings (SSSR count). The first-order valence-electron chi connectivity index (χ1n) is 12.7. The highest BCUT2D eigenvalue weighted by atomic mass is 16.2. The monoisotopic (exact) mass is 471 g/mol. The summed E-state index contributed by atoms with van der Waals surface area (Å²) < 4.78 is 0.